The number of nitrogens with zero attached hydrogens (tertiary/aromatic N) is 2. The highest BCUT2D eigenvalue weighted by Gasteiger charge is 2.26. The molecule has 0 atom stereocenters. The summed E-state index contributed by atoms with van der Waals surface area (Å²) in [6.45, 7) is 0. The van der Waals surface area contributed by atoms with Crippen LogP contribution in [0.5, 0.6) is 5.75 Å². The van der Waals surface area contributed by atoms with Gasteiger partial charge in [0.25, 0.3) is 0 Å². The monoisotopic (exact) mass is 280 g/mol. The third-order valence-corrected chi connectivity index (χ3v) is 3.75. The largest absolute Gasteiger partial charge is 0.426 e. The molecule has 4 heteroatoms. The van der Waals surface area contributed by atoms with E-state index in [4.69, 9.17) is 15.3 Å². The molecule has 0 spiro atoms. The Hall–Kier alpha value is -2.59. The van der Waals surface area contributed by atoms with Crippen molar-refractivity contribution < 1.29 is 9.53 Å². The highest BCUT2D eigenvalue weighted by Crippen LogP contribution is 2.30. The fourth-order valence-corrected chi connectivity index (χ4v) is 2.52. The molecule has 0 radical (unpaired) electrons. The summed E-state index contributed by atoms with van der Waals surface area (Å²) < 4.78 is 5.35. The van der Waals surface area contributed by atoms with Crippen LogP contribution in [0, 0.1) is 34.5 Å². The molecule has 1 aliphatic rings. The van der Waals surface area contributed by atoms with Crippen LogP contribution in [-0.2, 0) is 4.79 Å². The van der Waals surface area contributed by atoms with Crippen molar-refractivity contribution in [1.29, 1.82) is 10.5 Å². The number of hydrogen-bond donors (Lipinski definition) is 0. The van der Waals surface area contributed by atoms with Gasteiger partial charge in [0, 0.05) is 6.08 Å². The van der Waals surface area contributed by atoms with E-state index in [-0.39, 0.29) is 11.9 Å². The van der Waals surface area contributed by atoms with Gasteiger partial charge in [0.2, 0.25) is 0 Å². The van der Waals surface area contributed by atoms with E-state index in [1.165, 1.54) is 6.08 Å². The Kier molecular flexibility index (Phi) is 5.12. The molecular weight excluding hydrogens is 264 g/mol. The lowest BCUT2D eigenvalue weighted by Crippen LogP contribution is -2.25. The number of carbonyl (C=O) groups excluding carboxylic acids is 1. The molecule has 0 aliphatic heterocycles. The van der Waals surface area contributed by atoms with Gasteiger partial charge >= 0.3 is 5.97 Å². The van der Waals surface area contributed by atoms with Crippen LogP contribution in [0.25, 0.3) is 0 Å². The average molecular weight is 280 g/mol. The van der Waals surface area contributed by atoms with Gasteiger partial charge in [-0.05, 0) is 55.9 Å². The van der Waals surface area contributed by atoms with Crippen molar-refractivity contribution >= 4 is 5.97 Å². The van der Waals surface area contributed by atoms with Gasteiger partial charge in [-0.25, -0.2) is 0 Å². The van der Waals surface area contributed by atoms with Crippen LogP contribution < -0.4 is 4.74 Å². The quantitative estimate of drug-likeness (QED) is 0.483. The lowest BCUT2D eigenvalue weighted by molar-refractivity contribution is -0.140. The van der Waals surface area contributed by atoms with Crippen molar-refractivity contribution in [3.8, 4) is 17.9 Å². The summed E-state index contributed by atoms with van der Waals surface area (Å²) in [5.74, 6) is 0.587. The fraction of sp³-hybridized carbons (Fsp3) is 0.353. The first kappa shape index (κ1) is 14.8. The zero-order chi connectivity index (χ0) is 15.1. The molecule has 0 N–H and O–H groups in total. The number of ether oxygens (including phenoxy) is 1. The van der Waals surface area contributed by atoms with Gasteiger partial charge in [0.15, 0.2) is 0 Å². The molecule has 1 saturated carbocycles. The highest BCUT2D eigenvalue weighted by molar-refractivity contribution is 5.75. The number of rotatable bonds is 3. The minimum absolute atomic E-state index is 0.0765. The molecule has 106 valence electrons. The van der Waals surface area contributed by atoms with E-state index in [0.29, 0.717) is 17.2 Å². The van der Waals surface area contributed by atoms with Crippen LogP contribution >= 0.6 is 0 Å². The highest BCUT2D eigenvalue weighted by atomic mass is 16.5. The molecule has 1 aromatic rings. The number of hydrogen-bond acceptors (Lipinski definition) is 4. The molecule has 0 amide bonds. The maximum atomic E-state index is 12.1. The zero-order valence-electron chi connectivity index (χ0n) is 11.7. The van der Waals surface area contributed by atoms with E-state index < -0.39 is 0 Å². The molecule has 4 nitrogen and oxygen atoms in total. The van der Waals surface area contributed by atoms with E-state index in [2.05, 4.69) is 0 Å². The van der Waals surface area contributed by atoms with Crippen molar-refractivity contribution in [2.45, 2.75) is 25.7 Å². The molecule has 21 heavy (non-hydrogen) atoms. The van der Waals surface area contributed by atoms with Gasteiger partial charge in [0.05, 0.1) is 23.6 Å². The van der Waals surface area contributed by atoms with E-state index in [0.717, 1.165) is 25.7 Å². The number of esters is 1. The van der Waals surface area contributed by atoms with E-state index >= 15 is 0 Å². The van der Waals surface area contributed by atoms with Crippen LogP contribution in [0.15, 0.2) is 36.4 Å². The summed E-state index contributed by atoms with van der Waals surface area (Å²) in [6, 6.07) is 10.6. The summed E-state index contributed by atoms with van der Waals surface area (Å²) in [4.78, 5) is 12.1. The Morgan fingerprint density at radius 2 is 1.81 bits per heavy atom. The second-order valence-corrected chi connectivity index (χ2v) is 5.16. The lowest BCUT2D eigenvalue weighted by Gasteiger charge is -2.25. The Balaban J connectivity index is 1.86. The van der Waals surface area contributed by atoms with Gasteiger partial charge in [-0.1, -0.05) is 6.08 Å². The molecule has 1 aromatic carbocycles. The van der Waals surface area contributed by atoms with Crippen LogP contribution in [-0.4, -0.2) is 5.97 Å². The van der Waals surface area contributed by atoms with Crippen LogP contribution in [0.4, 0.5) is 0 Å². The number of allylic oxidation sites excluding steroid dienone is 2. The van der Waals surface area contributed by atoms with E-state index in [1.807, 2.05) is 18.2 Å². The first-order valence-corrected chi connectivity index (χ1v) is 7.01. The molecule has 0 unspecified atom stereocenters. The second-order valence-electron chi connectivity index (χ2n) is 5.16. The predicted molar refractivity (Wildman–Crippen MR) is 77.0 cm³/mol. The van der Waals surface area contributed by atoms with Gasteiger partial charge in [0.1, 0.15) is 5.75 Å². The fourth-order valence-electron chi connectivity index (χ4n) is 2.52. The topological polar surface area (TPSA) is 73.9 Å². The number of benzene rings is 1. The first-order chi connectivity index (χ1) is 10.2. The molecular formula is C17H16N2O2. The lowest BCUT2D eigenvalue weighted by atomic mass is 9.82. The molecule has 0 bridgehead atoms. The van der Waals surface area contributed by atoms with E-state index in [1.54, 1.807) is 24.3 Å². The maximum Gasteiger partial charge on any atom is 0.314 e. The van der Waals surface area contributed by atoms with Crippen LogP contribution in [0.3, 0.4) is 0 Å². The summed E-state index contributed by atoms with van der Waals surface area (Å²) in [5.41, 5.74) is 0.541. The molecule has 0 heterocycles. The van der Waals surface area contributed by atoms with Gasteiger partial charge < -0.3 is 4.74 Å². The average Bonchev–Trinajstić information content (AvgIpc) is 2.54. The van der Waals surface area contributed by atoms with E-state index in [9.17, 15) is 4.79 Å². The van der Waals surface area contributed by atoms with Crippen molar-refractivity contribution in [3.05, 3.63) is 42.0 Å². The minimum atomic E-state index is -0.206. The number of carbonyl (C=O) groups is 1. The third-order valence-electron chi connectivity index (χ3n) is 3.75. The van der Waals surface area contributed by atoms with Crippen molar-refractivity contribution in [2.75, 3.05) is 0 Å². The molecule has 1 fully saturated rings. The van der Waals surface area contributed by atoms with Crippen LogP contribution in [0.1, 0.15) is 31.2 Å². The summed E-state index contributed by atoms with van der Waals surface area (Å²) >= 11 is 0. The van der Waals surface area contributed by atoms with Crippen molar-refractivity contribution in [3.63, 3.8) is 0 Å². The zero-order valence-corrected chi connectivity index (χ0v) is 11.7. The SMILES string of the molecule is N#CC=CC1CCC(C(=O)Oc2ccc(C#N)cc2)CC1. The third kappa shape index (κ3) is 4.19. The Morgan fingerprint density at radius 3 is 2.38 bits per heavy atom. The van der Waals surface area contributed by atoms with Gasteiger partial charge in [-0.2, -0.15) is 10.5 Å². The smallest absolute Gasteiger partial charge is 0.314 e. The first-order valence-electron chi connectivity index (χ1n) is 7.01. The summed E-state index contributed by atoms with van der Waals surface area (Å²) in [5, 5.41) is 17.2. The molecule has 2 rings (SSSR count). The molecule has 0 saturated heterocycles. The van der Waals surface area contributed by atoms with Crippen molar-refractivity contribution in [1.82, 2.24) is 0 Å². The van der Waals surface area contributed by atoms with Crippen molar-refractivity contribution in [2.24, 2.45) is 11.8 Å². The molecule has 0 aromatic heterocycles. The number of nitriles is 2. The predicted octanol–water partition coefficient (Wildman–Crippen LogP) is 3.35. The second kappa shape index (κ2) is 7.26. The van der Waals surface area contributed by atoms with Gasteiger partial charge in [-0.15, -0.1) is 0 Å². The van der Waals surface area contributed by atoms with Gasteiger partial charge in [-0.3, -0.25) is 4.79 Å². The Morgan fingerprint density at radius 1 is 1.14 bits per heavy atom. The Labute approximate surface area is 124 Å². The normalized spacial score (nSPS) is 21.4. The summed E-state index contributed by atoms with van der Waals surface area (Å²) in [7, 11) is 0. The van der Waals surface area contributed by atoms with Crippen LogP contribution in [0.2, 0.25) is 0 Å². The minimum Gasteiger partial charge on any atom is -0.426 e. The summed E-state index contributed by atoms with van der Waals surface area (Å²) in [6.07, 6.45) is 6.82. The maximum absolute atomic E-state index is 12.1. The standard InChI is InChI=1S/C17H16N2O2/c18-11-1-2-13-3-7-15(8-4-13)17(20)21-16-9-5-14(12-19)6-10-16/h1-2,5-6,9-10,13,15H,3-4,7-8H2. The molecule has 1 aliphatic carbocycles. The Bertz CT molecular complexity index is 597.